The highest BCUT2D eigenvalue weighted by atomic mass is 16.5. The molecule has 3 N–H and O–H groups in total. The van der Waals surface area contributed by atoms with Gasteiger partial charge in [-0.3, -0.25) is 4.79 Å². The quantitative estimate of drug-likeness (QED) is 0.475. The molecular formula is C23H33N3O4+2. The Balaban J connectivity index is 1.31. The first-order valence-electron chi connectivity index (χ1n) is 10.5. The zero-order valence-corrected chi connectivity index (χ0v) is 17.9. The maximum absolute atomic E-state index is 12.3. The van der Waals surface area contributed by atoms with Crippen LogP contribution in [0.2, 0.25) is 0 Å². The summed E-state index contributed by atoms with van der Waals surface area (Å²) in [5.41, 5.74) is 0.995. The van der Waals surface area contributed by atoms with Crippen molar-refractivity contribution in [3.8, 4) is 17.2 Å². The second kappa shape index (κ2) is 11.4. The first-order valence-corrected chi connectivity index (χ1v) is 10.5. The molecule has 2 aromatic carbocycles. The van der Waals surface area contributed by atoms with E-state index >= 15 is 0 Å². The number of para-hydroxylation sites is 1. The average molecular weight is 416 g/mol. The van der Waals surface area contributed by atoms with E-state index < -0.39 is 0 Å². The zero-order chi connectivity index (χ0) is 21.2. The van der Waals surface area contributed by atoms with Crippen LogP contribution in [0.4, 0.5) is 0 Å². The van der Waals surface area contributed by atoms with Crippen molar-refractivity contribution in [2.75, 3.05) is 60.1 Å². The second-order valence-electron chi connectivity index (χ2n) is 7.54. The molecule has 7 nitrogen and oxygen atoms in total. The van der Waals surface area contributed by atoms with Gasteiger partial charge in [-0.25, -0.2) is 0 Å². The van der Waals surface area contributed by atoms with Gasteiger partial charge in [-0.1, -0.05) is 18.2 Å². The fourth-order valence-electron chi connectivity index (χ4n) is 3.70. The molecule has 1 aliphatic heterocycles. The summed E-state index contributed by atoms with van der Waals surface area (Å²) in [4.78, 5) is 15.2. The first kappa shape index (κ1) is 21.9. The third kappa shape index (κ3) is 6.64. The predicted octanol–water partition coefficient (Wildman–Crippen LogP) is -0.818. The molecule has 7 heteroatoms. The number of amides is 1. The van der Waals surface area contributed by atoms with Crippen LogP contribution in [-0.2, 0) is 11.3 Å². The van der Waals surface area contributed by atoms with E-state index in [0.29, 0.717) is 19.7 Å². The third-order valence-electron chi connectivity index (χ3n) is 5.53. The average Bonchev–Trinajstić information content (AvgIpc) is 2.79. The van der Waals surface area contributed by atoms with Gasteiger partial charge in [0, 0.05) is 12.1 Å². The lowest BCUT2D eigenvalue weighted by molar-refractivity contribution is -1.01. The Hall–Kier alpha value is -2.77. The van der Waals surface area contributed by atoms with Crippen LogP contribution in [0.25, 0.3) is 0 Å². The van der Waals surface area contributed by atoms with Crippen molar-refractivity contribution in [3.05, 3.63) is 54.1 Å². The Labute approximate surface area is 178 Å². The van der Waals surface area contributed by atoms with Crippen molar-refractivity contribution < 1.29 is 28.8 Å². The molecular weight excluding hydrogens is 382 g/mol. The number of nitrogens with one attached hydrogen (secondary N) is 3. The lowest BCUT2D eigenvalue weighted by Gasteiger charge is -2.29. The van der Waals surface area contributed by atoms with Crippen molar-refractivity contribution in [2.24, 2.45) is 0 Å². The maximum Gasteiger partial charge on any atom is 0.275 e. The van der Waals surface area contributed by atoms with Crippen LogP contribution in [0.5, 0.6) is 17.2 Å². The van der Waals surface area contributed by atoms with E-state index in [9.17, 15) is 4.79 Å². The summed E-state index contributed by atoms with van der Waals surface area (Å²) in [5.74, 6) is 2.59. The van der Waals surface area contributed by atoms with Gasteiger partial charge in [0.2, 0.25) is 0 Å². The van der Waals surface area contributed by atoms with Crippen molar-refractivity contribution in [1.82, 2.24) is 5.32 Å². The highest BCUT2D eigenvalue weighted by Crippen LogP contribution is 2.17. The van der Waals surface area contributed by atoms with Gasteiger partial charge in [-0.15, -0.1) is 0 Å². The van der Waals surface area contributed by atoms with Gasteiger partial charge < -0.3 is 29.3 Å². The van der Waals surface area contributed by atoms with E-state index in [1.165, 1.54) is 9.80 Å². The summed E-state index contributed by atoms with van der Waals surface area (Å²) in [5, 5.41) is 3.02. The molecule has 1 saturated heterocycles. The summed E-state index contributed by atoms with van der Waals surface area (Å²) in [6.45, 7) is 6.79. The number of carbonyl (C=O) groups excluding carboxylic acids is 1. The van der Waals surface area contributed by atoms with E-state index in [0.717, 1.165) is 55.5 Å². The maximum atomic E-state index is 12.3. The van der Waals surface area contributed by atoms with Crippen LogP contribution < -0.4 is 29.3 Å². The molecule has 2 aromatic rings. The standard InChI is InChI=1S/C23H31N3O4/c1-28-20-7-9-21(10-8-20)30-16-15-25-11-13-26(14-12-25)18-23(27)24-17-19-5-3-4-6-22(19)29-2/h3-10H,11-18H2,1-2H3,(H,24,27)/p+2. The summed E-state index contributed by atoms with van der Waals surface area (Å²) in [7, 11) is 3.31. The minimum atomic E-state index is 0.0854. The summed E-state index contributed by atoms with van der Waals surface area (Å²) < 4.78 is 16.3. The summed E-state index contributed by atoms with van der Waals surface area (Å²) in [6.07, 6.45) is 0. The van der Waals surface area contributed by atoms with Crippen LogP contribution in [-0.4, -0.2) is 66.0 Å². The first-order chi connectivity index (χ1) is 14.7. The number of carbonyl (C=O) groups is 1. The predicted molar refractivity (Wildman–Crippen MR) is 114 cm³/mol. The highest BCUT2D eigenvalue weighted by Gasteiger charge is 2.24. The number of quaternary nitrogens is 2. The minimum absolute atomic E-state index is 0.0854. The number of methoxy groups -OCH3 is 2. The van der Waals surface area contributed by atoms with Crippen LogP contribution in [0, 0.1) is 0 Å². The van der Waals surface area contributed by atoms with Crippen LogP contribution in [0.3, 0.4) is 0 Å². The van der Waals surface area contributed by atoms with Gasteiger partial charge in [0.15, 0.2) is 6.54 Å². The molecule has 0 saturated carbocycles. The fraction of sp³-hybridized carbons (Fsp3) is 0.435. The number of rotatable bonds is 10. The molecule has 0 radical (unpaired) electrons. The van der Waals surface area contributed by atoms with Crippen LogP contribution >= 0.6 is 0 Å². The smallest absolute Gasteiger partial charge is 0.275 e. The number of hydrogen-bond donors (Lipinski definition) is 3. The van der Waals surface area contributed by atoms with Crippen molar-refractivity contribution in [1.29, 1.82) is 0 Å². The molecule has 162 valence electrons. The fourth-order valence-corrected chi connectivity index (χ4v) is 3.70. The Morgan fingerprint density at radius 2 is 1.57 bits per heavy atom. The molecule has 1 fully saturated rings. The van der Waals surface area contributed by atoms with E-state index in [2.05, 4.69) is 5.32 Å². The van der Waals surface area contributed by atoms with Gasteiger partial charge >= 0.3 is 0 Å². The number of ether oxygens (including phenoxy) is 3. The van der Waals surface area contributed by atoms with Crippen molar-refractivity contribution >= 4 is 5.91 Å². The van der Waals surface area contributed by atoms with E-state index in [1.54, 1.807) is 14.2 Å². The summed E-state index contributed by atoms with van der Waals surface area (Å²) >= 11 is 0. The number of hydrogen-bond acceptors (Lipinski definition) is 4. The SMILES string of the molecule is COc1ccc(OCC[NH+]2CC[NH+](CC(=O)NCc3ccccc3OC)CC2)cc1. The highest BCUT2D eigenvalue weighted by molar-refractivity contribution is 5.76. The van der Waals surface area contributed by atoms with Crippen LogP contribution in [0.15, 0.2) is 48.5 Å². The summed E-state index contributed by atoms with van der Waals surface area (Å²) in [6, 6.07) is 15.4. The minimum Gasteiger partial charge on any atom is -0.497 e. The molecule has 0 unspecified atom stereocenters. The topological polar surface area (TPSA) is 65.7 Å². The van der Waals surface area contributed by atoms with E-state index in [-0.39, 0.29) is 5.91 Å². The number of piperazine rings is 1. The largest absolute Gasteiger partial charge is 0.497 e. The molecule has 1 amide bonds. The van der Waals surface area contributed by atoms with Crippen molar-refractivity contribution in [2.45, 2.75) is 6.54 Å². The zero-order valence-electron chi connectivity index (χ0n) is 17.9. The van der Waals surface area contributed by atoms with Crippen molar-refractivity contribution in [3.63, 3.8) is 0 Å². The molecule has 0 atom stereocenters. The molecule has 0 aromatic heterocycles. The molecule has 1 heterocycles. The number of benzene rings is 2. The molecule has 1 aliphatic rings. The van der Waals surface area contributed by atoms with Gasteiger partial charge in [-0.05, 0) is 30.3 Å². The molecule has 0 bridgehead atoms. The Morgan fingerprint density at radius 1 is 0.900 bits per heavy atom. The Bertz CT molecular complexity index is 789. The van der Waals surface area contributed by atoms with Gasteiger partial charge in [0.05, 0.1) is 14.2 Å². The normalized spacial score (nSPS) is 18.5. The monoisotopic (exact) mass is 415 g/mol. The molecule has 3 rings (SSSR count). The second-order valence-corrected chi connectivity index (χ2v) is 7.54. The lowest BCUT2D eigenvalue weighted by Crippen LogP contribution is -3.28. The molecule has 0 spiro atoms. The van der Waals surface area contributed by atoms with E-state index in [4.69, 9.17) is 14.2 Å². The lowest BCUT2D eigenvalue weighted by atomic mass is 10.2. The Kier molecular flexibility index (Phi) is 8.35. The third-order valence-corrected chi connectivity index (χ3v) is 5.53. The van der Waals surface area contributed by atoms with Gasteiger partial charge in [0.1, 0.15) is 56.6 Å². The molecule has 30 heavy (non-hydrogen) atoms. The van der Waals surface area contributed by atoms with Crippen LogP contribution in [0.1, 0.15) is 5.56 Å². The van der Waals surface area contributed by atoms with Gasteiger partial charge in [-0.2, -0.15) is 0 Å². The van der Waals surface area contributed by atoms with E-state index in [1.807, 2.05) is 48.5 Å². The molecule has 0 aliphatic carbocycles. The van der Waals surface area contributed by atoms with Gasteiger partial charge in [0.25, 0.3) is 5.91 Å². The Morgan fingerprint density at radius 3 is 2.27 bits per heavy atom.